The van der Waals surface area contributed by atoms with Gasteiger partial charge in [0.1, 0.15) is 0 Å². The van der Waals surface area contributed by atoms with Gasteiger partial charge in [-0.3, -0.25) is 0 Å². The lowest BCUT2D eigenvalue weighted by molar-refractivity contribution is -0.0934. The van der Waals surface area contributed by atoms with E-state index in [9.17, 15) is 0 Å². The molecule has 0 spiro atoms. The highest BCUT2D eigenvalue weighted by Gasteiger charge is 2.67. The first kappa shape index (κ1) is 13.7. The molecule has 0 aliphatic carbocycles. The Hall–Kier alpha value is -0.940. The second-order valence-electron chi connectivity index (χ2n) is 5.18. The molecule has 0 aromatic heterocycles. The molecule has 2 unspecified atom stereocenters. The average molecular weight is 316 g/mol. The van der Waals surface area contributed by atoms with Gasteiger partial charge in [0, 0.05) is 0 Å². The average Bonchev–Trinajstić information content (AvgIpc) is 2.67. The summed E-state index contributed by atoms with van der Waals surface area (Å²) in [7, 11) is 3.53. The molecule has 2 aromatic rings. The predicted octanol–water partition coefficient (Wildman–Crippen LogP) is 4.52. The van der Waals surface area contributed by atoms with Crippen molar-refractivity contribution in [2.75, 3.05) is 13.2 Å². The van der Waals surface area contributed by atoms with Crippen molar-refractivity contribution in [2.24, 2.45) is 0 Å². The van der Waals surface area contributed by atoms with E-state index in [1.165, 1.54) is 11.1 Å². The van der Waals surface area contributed by atoms with Crippen molar-refractivity contribution in [2.45, 2.75) is 16.3 Å². The molecule has 0 saturated carbocycles. The Labute approximate surface area is 132 Å². The van der Waals surface area contributed by atoms with E-state index in [0.717, 1.165) is 19.6 Å². The lowest BCUT2D eigenvalue weighted by Crippen LogP contribution is -2.52. The van der Waals surface area contributed by atoms with Gasteiger partial charge in [-0.15, -0.1) is 0 Å². The van der Waals surface area contributed by atoms with Crippen molar-refractivity contribution >= 4 is 21.6 Å². The number of hydrogen-bond donors (Lipinski definition) is 0. The summed E-state index contributed by atoms with van der Waals surface area (Å²) < 4.78 is 12.7. The first-order valence-electron chi connectivity index (χ1n) is 7.13. The van der Waals surface area contributed by atoms with Crippen LogP contribution in [0.25, 0.3) is 0 Å². The van der Waals surface area contributed by atoms with Gasteiger partial charge in [-0.25, -0.2) is 0 Å². The highest BCUT2D eigenvalue weighted by Crippen LogP contribution is 2.75. The van der Waals surface area contributed by atoms with Gasteiger partial charge in [0.25, 0.3) is 0 Å². The Morgan fingerprint density at radius 2 is 1.10 bits per heavy atom. The zero-order valence-electron chi connectivity index (χ0n) is 11.5. The Balaban J connectivity index is 1.87. The van der Waals surface area contributed by atoms with Crippen LogP contribution in [0.3, 0.4) is 0 Å². The summed E-state index contributed by atoms with van der Waals surface area (Å²) in [5, 5.41) is 0. The van der Waals surface area contributed by atoms with Crippen molar-refractivity contribution < 1.29 is 9.47 Å². The molecule has 0 bridgehead atoms. The third-order valence-corrected chi connectivity index (χ3v) is 7.54. The van der Waals surface area contributed by atoms with Crippen molar-refractivity contribution in [3.8, 4) is 0 Å². The van der Waals surface area contributed by atoms with E-state index in [1.807, 2.05) is 12.1 Å². The van der Waals surface area contributed by atoms with Crippen LogP contribution in [0.4, 0.5) is 0 Å². The molecule has 0 radical (unpaired) electrons. The first-order chi connectivity index (χ1) is 10.4. The SMILES string of the molecule is c1ccc(C23OCCCOC2(c2ccccc2)SS3)cc1. The number of benzene rings is 2. The quantitative estimate of drug-likeness (QED) is 0.758. The van der Waals surface area contributed by atoms with Gasteiger partial charge in [0.05, 0.1) is 13.2 Å². The van der Waals surface area contributed by atoms with Crippen LogP contribution in [0.2, 0.25) is 0 Å². The Kier molecular flexibility index (Phi) is 3.50. The first-order valence-corrected chi connectivity index (χ1v) is 9.28. The molecule has 2 nitrogen and oxygen atoms in total. The lowest BCUT2D eigenvalue weighted by atomic mass is 9.96. The molecule has 2 saturated heterocycles. The fraction of sp³-hybridized carbons (Fsp3) is 0.294. The minimum atomic E-state index is -0.448. The lowest BCUT2D eigenvalue weighted by Gasteiger charge is -2.55. The molecule has 2 atom stereocenters. The molecular formula is C17H16O2S2. The van der Waals surface area contributed by atoms with Gasteiger partial charge < -0.3 is 9.47 Å². The predicted molar refractivity (Wildman–Crippen MR) is 87.9 cm³/mol. The number of ether oxygens (including phenoxy) is 2. The second kappa shape index (κ2) is 5.36. The van der Waals surface area contributed by atoms with Crippen LogP contribution in [-0.4, -0.2) is 13.2 Å². The van der Waals surface area contributed by atoms with Crippen molar-refractivity contribution in [3.05, 3.63) is 71.8 Å². The van der Waals surface area contributed by atoms with Gasteiger partial charge in [-0.05, 0) is 39.1 Å². The smallest absolute Gasteiger partial charge is 0.192 e. The van der Waals surface area contributed by atoms with E-state index < -0.39 is 9.87 Å². The Morgan fingerprint density at radius 1 is 0.667 bits per heavy atom. The summed E-state index contributed by atoms with van der Waals surface area (Å²) in [5.74, 6) is 0. The van der Waals surface area contributed by atoms with Gasteiger partial charge in [0.2, 0.25) is 0 Å². The van der Waals surface area contributed by atoms with Crippen molar-refractivity contribution in [1.82, 2.24) is 0 Å². The molecule has 108 valence electrons. The van der Waals surface area contributed by atoms with Gasteiger partial charge in [0.15, 0.2) is 9.87 Å². The zero-order valence-corrected chi connectivity index (χ0v) is 13.2. The molecule has 2 aliphatic heterocycles. The van der Waals surface area contributed by atoms with Crippen LogP contribution in [-0.2, 0) is 19.3 Å². The summed E-state index contributed by atoms with van der Waals surface area (Å²) >= 11 is 0. The number of rotatable bonds is 2. The standard InChI is InChI=1S/C17H16O2S2/c1-3-8-14(9-4-1)16-17(21-20-16,19-13-7-12-18-16)15-10-5-2-6-11-15/h1-6,8-11H,7,12-13H2. The maximum Gasteiger partial charge on any atom is 0.192 e. The molecule has 4 rings (SSSR count). The molecule has 2 aliphatic rings. The van der Waals surface area contributed by atoms with E-state index in [0.29, 0.717) is 0 Å². The summed E-state index contributed by atoms with van der Waals surface area (Å²) in [6.07, 6.45) is 0.935. The monoisotopic (exact) mass is 316 g/mol. The van der Waals surface area contributed by atoms with Crippen LogP contribution >= 0.6 is 21.6 Å². The molecule has 0 amide bonds. The van der Waals surface area contributed by atoms with E-state index in [1.54, 1.807) is 21.6 Å². The number of fused-ring (bicyclic) bond motifs is 1. The van der Waals surface area contributed by atoms with Gasteiger partial charge >= 0.3 is 0 Å². The molecule has 2 aromatic carbocycles. The Bertz CT molecular complexity index is 564. The topological polar surface area (TPSA) is 18.5 Å². The normalized spacial score (nSPS) is 31.8. The van der Waals surface area contributed by atoms with Crippen LogP contribution in [0.1, 0.15) is 17.5 Å². The number of hydrogen-bond acceptors (Lipinski definition) is 4. The Morgan fingerprint density at radius 3 is 1.48 bits per heavy atom. The molecule has 4 heteroatoms. The third kappa shape index (κ3) is 1.97. The summed E-state index contributed by atoms with van der Waals surface area (Å²) in [5.41, 5.74) is 2.36. The molecule has 0 N–H and O–H groups in total. The maximum absolute atomic E-state index is 6.35. The molecule has 2 fully saturated rings. The van der Waals surface area contributed by atoms with E-state index in [4.69, 9.17) is 9.47 Å². The third-order valence-electron chi connectivity index (χ3n) is 3.92. The maximum atomic E-state index is 6.35. The van der Waals surface area contributed by atoms with Crippen LogP contribution in [0, 0.1) is 0 Å². The summed E-state index contributed by atoms with van der Waals surface area (Å²) in [4.78, 5) is -0.895. The van der Waals surface area contributed by atoms with Crippen LogP contribution < -0.4 is 0 Å². The molecular weight excluding hydrogens is 300 g/mol. The molecule has 2 heterocycles. The van der Waals surface area contributed by atoms with E-state index in [2.05, 4.69) is 48.5 Å². The van der Waals surface area contributed by atoms with Gasteiger partial charge in [-0.1, -0.05) is 60.7 Å². The van der Waals surface area contributed by atoms with E-state index >= 15 is 0 Å². The van der Waals surface area contributed by atoms with Crippen molar-refractivity contribution in [1.29, 1.82) is 0 Å². The van der Waals surface area contributed by atoms with Crippen LogP contribution in [0.15, 0.2) is 60.7 Å². The second-order valence-corrected chi connectivity index (χ2v) is 7.67. The summed E-state index contributed by atoms with van der Waals surface area (Å²) in [6.45, 7) is 1.47. The van der Waals surface area contributed by atoms with Crippen LogP contribution in [0.5, 0.6) is 0 Å². The van der Waals surface area contributed by atoms with E-state index in [-0.39, 0.29) is 0 Å². The zero-order chi connectivity index (χ0) is 14.2. The fourth-order valence-corrected chi connectivity index (χ4v) is 6.37. The minimum Gasteiger partial charge on any atom is -0.355 e. The van der Waals surface area contributed by atoms with Gasteiger partial charge in [-0.2, -0.15) is 0 Å². The molecule has 21 heavy (non-hydrogen) atoms. The summed E-state index contributed by atoms with van der Waals surface area (Å²) in [6, 6.07) is 20.9. The minimum absolute atomic E-state index is 0.448. The largest absolute Gasteiger partial charge is 0.355 e. The van der Waals surface area contributed by atoms with Crippen molar-refractivity contribution in [3.63, 3.8) is 0 Å². The highest BCUT2D eigenvalue weighted by atomic mass is 33.1. The highest BCUT2D eigenvalue weighted by molar-refractivity contribution is 8.80. The fourth-order valence-electron chi connectivity index (χ4n) is 2.88.